The first-order valence-corrected chi connectivity index (χ1v) is 5.31. The molecule has 2 N–H and O–H groups in total. The van der Waals surface area contributed by atoms with Crippen molar-refractivity contribution in [2.45, 2.75) is 52.7 Å². The number of aliphatic hydroxyl groups is 1. The lowest BCUT2D eigenvalue weighted by Crippen LogP contribution is -2.36. The SMILES string of the molecule is CC(O)CC(C)NC(=O)C1CC1(C)C. The molecule has 1 amide bonds. The molecule has 0 aromatic carbocycles. The Morgan fingerprint density at radius 1 is 1.57 bits per heavy atom. The minimum absolute atomic E-state index is 0.0684. The van der Waals surface area contributed by atoms with Crippen LogP contribution in [0.2, 0.25) is 0 Å². The molecule has 0 aliphatic heterocycles. The predicted molar refractivity (Wildman–Crippen MR) is 55.8 cm³/mol. The summed E-state index contributed by atoms with van der Waals surface area (Å²) in [6.45, 7) is 7.89. The second-order valence-electron chi connectivity index (χ2n) is 5.24. The summed E-state index contributed by atoms with van der Waals surface area (Å²) in [5.74, 6) is 0.321. The van der Waals surface area contributed by atoms with Crippen molar-refractivity contribution in [1.82, 2.24) is 5.32 Å². The maximum atomic E-state index is 11.6. The lowest BCUT2D eigenvalue weighted by Gasteiger charge is -2.15. The van der Waals surface area contributed by atoms with Gasteiger partial charge in [0, 0.05) is 12.0 Å². The summed E-state index contributed by atoms with van der Waals surface area (Å²) in [6.07, 6.45) is 1.26. The molecule has 0 heterocycles. The van der Waals surface area contributed by atoms with Crippen LogP contribution in [0.25, 0.3) is 0 Å². The molecule has 1 fully saturated rings. The second kappa shape index (κ2) is 3.89. The van der Waals surface area contributed by atoms with E-state index in [1.165, 1.54) is 0 Å². The molecule has 0 spiro atoms. The van der Waals surface area contributed by atoms with Gasteiger partial charge in [-0.25, -0.2) is 0 Å². The van der Waals surface area contributed by atoms with E-state index in [9.17, 15) is 4.79 Å². The fourth-order valence-electron chi connectivity index (χ4n) is 1.83. The largest absolute Gasteiger partial charge is 0.393 e. The smallest absolute Gasteiger partial charge is 0.223 e. The lowest BCUT2D eigenvalue weighted by atomic mass is 10.1. The lowest BCUT2D eigenvalue weighted by molar-refractivity contribution is -0.123. The fraction of sp³-hybridized carbons (Fsp3) is 0.909. The van der Waals surface area contributed by atoms with Gasteiger partial charge in [-0.05, 0) is 32.1 Å². The monoisotopic (exact) mass is 199 g/mol. The molecule has 82 valence electrons. The van der Waals surface area contributed by atoms with Crippen molar-refractivity contribution < 1.29 is 9.90 Å². The summed E-state index contributed by atoms with van der Waals surface area (Å²) < 4.78 is 0. The van der Waals surface area contributed by atoms with Gasteiger partial charge in [0.15, 0.2) is 0 Å². The van der Waals surface area contributed by atoms with Gasteiger partial charge in [0.05, 0.1) is 6.10 Å². The zero-order valence-corrected chi connectivity index (χ0v) is 9.50. The average molecular weight is 199 g/mol. The summed E-state index contributed by atoms with van der Waals surface area (Å²) >= 11 is 0. The summed E-state index contributed by atoms with van der Waals surface area (Å²) in [5.41, 5.74) is 0.189. The van der Waals surface area contributed by atoms with Crippen LogP contribution in [0.15, 0.2) is 0 Å². The Morgan fingerprint density at radius 2 is 2.07 bits per heavy atom. The fourth-order valence-corrected chi connectivity index (χ4v) is 1.83. The Kier molecular flexibility index (Phi) is 3.20. The molecule has 0 bridgehead atoms. The average Bonchev–Trinajstić information content (AvgIpc) is 2.57. The van der Waals surface area contributed by atoms with Crippen molar-refractivity contribution >= 4 is 5.91 Å². The molecular formula is C11H21NO2. The van der Waals surface area contributed by atoms with Crippen LogP contribution in [0, 0.1) is 11.3 Å². The molecule has 3 atom stereocenters. The second-order valence-corrected chi connectivity index (χ2v) is 5.24. The number of carbonyl (C=O) groups excluding carboxylic acids is 1. The first-order chi connectivity index (χ1) is 6.33. The molecule has 3 nitrogen and oxygen atoms in total. The Labute approximate surface area is 85.9 Å². The van der Waals surface area contributed by atoms with Crippen LogP contribution in [0.4, 0.5) is 0 Å². The zero-order chi connectivity index (χ0) is 10.9. The van der Waals surface area contributed by atoms with Crippen molar-refractivity contribution in [3.8, 4) is 0 Å². The normalized spacial score (nSPS) is 27.9. The highest BCUT2D eigenvalue weighted by Crippen LogP contribution is 2.51. The van der Waals surface area contributed by atoms with E-state index in [-0.39, 0.29) is 29.4 Å². The summed E-state index contributed by atoms with van der Waals surface area (Å²) in [5, 5.41) is 12.1. The molecule has 1 aliphatic carbocycles. The number of nitrogens with one attached hydrogen (secondary N) is 1. The van der Waals surface area contributed by atoms with Gasteiger partial charge in [0.25, 0.3) is 0 Å². The number of carbonyl (C=O) groups is 1. The van der Waals surface area contributed by atoms with Gasteiger partial charge in [0.1, 0.15) is 0 Å². The van der Waals surface area contributed by atoms with Crippen LogP contribution in [0.3, 0.4) is 0 Å². The van der Waals surface area contributed by atoms with Crippen LogP contribution >= 0.6 is 0 Å². The molecule has 3 heteroatoms. The summed E-state index contributed by atoms with van der Waals surface area (Å²) in [7, 11) is 0. The van der Waals surface area contributed by atoms with Crippen molar-refractivity contribution in [2.24, 2.45) is 11.3 Å². The summed E-state index contributed by atoms with van der Waals surface area (Å²) in [6, 6.07) is 0.0684. The van der Waals surface area contributed by atoms with E-state index in [2.05, 4.69) is 19.2 Å². The molecule has 0 radical (unpaired) electrons. The quantitative estimate of drug-likeness (QED) is 0.717. The van der Waals surface area contributed by atoms with Gasteiger partial charge in [-0.1, -0.05) is 13.8 Å². The minimum atomic E-state index is -0.350. The van der Waals surface area contributed by atoms with Gasteiger partial charge >= 0.3 is 0 Å². The van der Waals surface area contributed by atoms with Gasteiger partial charge in [0.2, 0.25) is 5.91 Å². The van der Waals surface area contributed by atoms with Gasteiger partial charge < -0.3 is 10.4 Å². The van der Waals surface area contributed by atoms with Crippen LogP contribution in [-0.4, -0.2) is 23.2 Å². The molecule has 1 rings (SSSR count). The van der Waals surface area contributed by atoms with E-state index in [1.54, 1.807) is 6.92 Å². The third-order valence-electron chi connectivity index (χ3n) is 2.91. The molecule has 0 aromatic heterocycles. The molecular weight excluding hydrogens is 178 g/mol. The van der Waals surface area contributed by atoms with E-state index in [4.69, 9.17) is 5.11 Å². The van der Waals surface area contributed by atoms with Crippen LogP contribution < -0.4 is 5.32 Å². The topological polar surface area (TPSA) is 49.3 Å². The van der Waals surface area contributed by atoms with Crippen molar-refractivity contribution in [3.05, 3.63) is 0 Å². The molecule has 1 saturated carbocycles. The molecule has 0 aromatic rings. The van der Waals surface area contributed by atoms with Crippen molar-refractivity contribution in [3.63, 3.8) is 0 Å². The highest BCUT2D eigenvalue weighted by molar-refractivity contribution is 5.82. The van der Waals surface area contributed by atoms with Crippen LogP contribution in [-0.2, 0) is 4.79 Å². The maximum absolute atomic E-state index is 11.6. The van der Waals surface area contributed by atoms with E-state index in [0.717, 1.165) is 6.42 Å². The van der Waals surface area contributed by atoms with Crippen molar-refractivity contribution in [2.75, 3.05) is 0 Å². The van der Waals surface area contributed by atoms with Gasteiger partial charge in [-0.3, -0.25) is 4.79 Å². The number of rotatable bonds is 4. The minimum Gasteiger partial charge on any atom is -0.393 e. The third kappa shape index (κ3) is 2.98. The zero-order valence-electron chi connectivity index (χ0n) is 9.50. The molecule has 14 heavy (non-hydrogen) atoms. The van der Waals surface area contributed by atoms with E-state index < -0.39 is 0 Å². The first-order valence-electron chi connectivity index (χ1n) is 5.31. The van der Waals surface area contributed by atoms with Gasteiger partial charge in [-0.2, -0.15) is 0 Å². The maximum Gasteiger partial charge on any atom is 0.223 e. The van der Waals surface area contributed by atoms with E-state index in [1.807, 2.05) is 6.92 Å². The van der Waals surface area contributed by atoms with Crippen LogP contribution in [0.5, 0.6) is 0 Å². The van der Waals surface area contributed by atoms with E-state index in [0.29, 0.717) is 6.42 Å². The number of aliphatic hydroxyl groups excluding tert-OH is 1. The van der Waals surface area contributed by atoms with Crippen molar-refractivity contribution in [1.29, 1.82) is 0 Å². The Hall–Kier alpha value is -0.570. The third-order valence-corrected chi connectivity index (χ3v) is 2.91. The predicted octanol–water partition coefficient (Wildman–Crippen LogP) is 1.31. The van der Waals surface area contributed by atoms with Gasteiger partial charge in [-0.15, -0.1) is 0 Å². The number of amides is 1. The Bertz CT molecular complexity index is 223. The highest BCUT2D eigenvalue weighted by Gasteiger charge is 2.50. The Morgan fingerprint density at radius 3 is 2.43 bits per heavy atom. The highest BCUT2D eigenvalue weighted by atomic mass is 16.3. The summed E-state index contributed by atoms with van der Waals surface area (Å²) in [4.78, 5) is 11.6. The Balaban J connectivity index is 2.28. The molecule has 0 saturated heterocycles. The first kappa shape index (κ1) is 11.5. The molecule has 3 unspecified atom stereocenters. The number of hydrogen-bond acceptors (Lipinski definition) is 2. The van der Waals surface area contributed by atoms with Crippen LogP contribution in [0.1, 0.15) is 40.5 Å². The number of hydrogen-bond donors (Lipinski definition) is 2. The standard InChI is InChI=1S/C11H21NO2/c1-7(5-8(2)13)12-10(14)9-6-11(9,3)4/h7-9,13H,5-6H2,1-4H3,(H,12,14). The molecule has 1 aliphatic rings. The van der Waals surface area contributed by atoms with E-state index >= 15 is 0 Å².